The van der Waals surface area contributed by atoms with Gasteiger partial charge in [-0.25, -0.2) is 0 Å². The van der Waals surface area contributed by atoms with E-state index in [-0.39, 0.29) is 11.8 Å². The van der Waals surface area contributed by atoms with Crippen LogP contribution in [0.3, 0.4) is 0 Å². The Morgan fingerprint density at radius 3 is 3.00 bits per heavy atom. The second-order valence-electron chi connectivity index (χ2n) is 4.43. The predicted molar refractivity (Wildman–Crippen MR) is 78.9 cm³/mol. The zero-order valence-electron chi connectivity index (χ0n) is 10.2. The van der Waals surface area contributed by atoms with Crippen LogP contribution in [0.1, 0.15) is 5.56 Å². The van der Waals surface area contributed by atoms with Gasteiger partial charge in [-0.1, -0.05) is 35.3 Å². The van der Waals surface area contributed by atoms with E-state index in [9.17, 15) is 4.79 Å². The van der Waals surface area contributed by atoms with E-state index in [0.717, 1.165) is 23.6 Å². The summed E-state index contributed by atoms with van der Waals surface area (Å²) >= 11 is 13.9. The first-order valence-electron chi connectivity index (χ1n) is 5.83. The van der Waals surface area contributed by atoms with E-state index in [0.29, 0.717) is 16.5 Å². The minimum Gasteiger partial charge on any atom is -0.298 e. The van der Waals surface area contributed by atoms with Crippen LogP contribution in [0.5, 0.6) is 0 Å². The minimum absolute atomic E-state index is 0.00111. The van der Waals surface area contributed by atoms with Crippen LogP contribution in [-0.4, -0.2) is 41.8 Å². The van der Waals surface area contributed by atoms with Gasteiger partial charge in [0.15, 0.2) is 5.78 Å². The molecule has 1 aromatic rings. The number of nitrogens with zero attached hydrogens (tertiary/aromatic N) is 1. The summed E-state index contributed by atoms with van der Waals surface area (Å²) in [5.41, 5.74) is 0.818. The molecule has 1 atom stereocenters. The van der Waals surface area contributed by atoms with Gasteiger partial charge in [-0.3, -0.25) is 9.69 Å². The van der Waals surface area contributed by atoms with Gasteiger partial charge in [-0.05, 0) is 18.7 Å². The molecule has 1 aliphatic rings. The summed E-state index contributed by atoms with van der Waals surface area (Å²) in [5.74, 6) is 2.18. The maximum absolute atomic E-state index is 12.3. The molecule has 2 rings (SSSR count). The van der Waals surface area contributed by atoms with E-state index in [1.165, 1.54) is 0 Å². The molecule has 1 aliphatic heterocycles. The standard InChI is InChI=1S/C13H15Cl2NOS/c1-16-5-6-18-8-11(16)12(17)7-9-3-2-4-10(14)13(9)15/h2-4,11H,5-8H2,1H3. The third-order valence-electron chi connectivity index (χ3n) is 3.16. The molecule has 1 fully saturated rings. The van der Waals surface area contributed by atoms with E-state index in [1.54, 1.807) is 6.07 Å². The lowest BCUT2D eigenvalue weighted by Crippen LogP contribution is -2.45. The number of ketones is 1. The van der Waals surface area contributed by atoms with Gasteiger partial charge in [0.05, 0.1) is 16.1 Å². The van der Waals surface area contributed by atoms with E-state index >= 15 is 0 Å². The molecule has 2 nitrogen and oxygen atoms in total. The van der Waals surface area contributed by atoms with Gasteiger partial charge in [-0.15, -0.1) is 0 Å². The molecule has 0 spiro atoms. The van der Waals surface area contributed by atoms with E-state index in [4.69, 9.17) is 23.2 Å². The maximum Gasteiger partial charge on any atom is 0.155 e. The average Bonchev–Trinajstić information content (AvgIpc) is 2.35. The largest absolute Gasteiger partial charge is 0.298 e. The molecule has 1 aromatic carbocycles. The van der Waals surface area contributed by atoms with Crippen molar-refractivity contribution in [2.75, 3.05) is 25.1 Å². The molecular formula is C13H15Cl2NOS. The number of rotatable bonds is 3. The monoisotopic (exact) mass is 303 g/mol. The van der Waals surface area contributed by atoms with Crippen LogP contribution < -0.4 is 0 Å². The lowest BCUT2D eigenvalue weighted by molar-refractivity contribution is -0.122. The molecular weight excluding hydrogens is 289 g/mol. The summed E-state index contributed by atoms with van der Waals surface area (Å²) in [6.45, 7) is 0.963. The summed E-state index contributed by atoms with van der Waals surface area (Å²) in [6, 6.07) is 5.43. The average molecular weight is 304 g/mol. The Morgan fingerprint density at radius 2 is 2.28 bits per heavy atom. The van der Waals surface area contributed by atoms with E-state index in [2.05, 4.69) is 4.90 Å². The number of thioether (sulfide) groups is 1. The predicted octanol–water partition coefficient (Wildman–Crippen LogP) is 3.15. The highest BCUT2D eigenvalue weighted by atomic mass is 35.5. The number of hydrogen-bond acceptors (Lipinski definition) is 3. The Balaban J connectivity index is 2.09. The molecule has 18 heavy (non-hydrogen) atoms. The lowest BCUT2D eigenvalue weighted by Gasteiger charge is -2.30. The van der Waals surface area contributed by atoms with Crippen LogP contribution in [0.2, 0.25) is 10.0 Å². The highest BCUT2D eigenvalue weighted by Gasteiger charge is 2.26. The van der Waals surface area contributed by atoms with Crippen molar-refractivity contribution in [1.82, 2.24) is 4.90 Å². The second-order valence-corrected chi connectivity index (χ2v) is 6.36. The first-order valence-corrected chi connectivity index (χ1v) is 7.74. The van der Waals surface area contributed by atoms with Crippen LogP contribution in [0.4, 0.5) is 0 Å². The van der Waals surface area contributed by atoms with Crippen LogP contribution >= 0.6 is 35.0 Å². The number of benzene rings is 1. The van der Waals surface area contributed by atoms with Crippen LogP contribution in [0.15, 0.2) is 18.2 Å². The molecule has 0 bridgehead atoms. The fourth-order valence-corrected chi connectivity index (χ4v) is 3.65. The van der Waals surface area contributed by atoms with Crippen molar-refractivity contribution in [3.05, 3.63) is 33.8 Å². The SMILES string of the molecule is CN1CCSCC1C(=O)Cc1cccc(Cl)c1Cl. The van der Waals surface area contributed by atoms with Crippen molar-refractivity contribution in [3.63, 3.8) is 0 Å². The maximum atomic E-state index is 12.3. The number of hydrogen-bond donors (Lipinski definition) is 0. The van der Waals surface area contributed by atoms with Gasteiger partial charge in [0.2, 0.25) is 0 Å². The van der Waals surface area contributed by atoms with Gasteiger partial charge in [0, 0.05) is 24.5 Å². The van der Waals surface area contributed by atoms with Crippen molar-refractivity contribution < 1.29 is 4.79 Å². The smallest absolute Gasteiger partial charge is 0.155 e. The van der Waals surface area contributed by atoms with E-state index < -0.39 is 0 Å². The number of carbonyl (C=O) groups is 1. The number of Topliss-reactive ketones (excluding diaryl/α,β-unsaturated/α-hetero) is 1. The van der Waals surface area contributed by atoms with Crippen LogP contribution in [-0.2, 0) is 11.2 Å². The first kappa shape index (κ1) is 14.2. The Bertz CT molecular complexity index is 453. The zero-order chi connectivity index (χ0) is 13.1. The fraction of sp³-hybridized carbons (Fsp3) is 0.462. The Labute approximate surface area is 122 Å². The van der Waals surface area contributed by atoms with Crippen molar-refractivity contribution in [3.8, 4) is 0 Å². The summed E-state index contributed by atoms with van der Waals surface area (Å²) in [5, 5.41) is 1.01. The normalized spacial score (nSPS) is 20.9. The number of likely N-dealkylation sites (N-methyl/N-ethyl adjacent to an activating group) is 1. The molecule has 0 aromatic heterocycles. The topological polar surface area (TPSA) is 20.3 Å². The number of carbonyl (C=O) groups excluding carboxylic acids is 1. The minimum atomic E-state index is -0.00111. The molecule has 0 saturated carbocycles. The van der Waals surface area contributed by atoms with Crippen LogP contribution in [0, 0.1) is 0 Å². The number of halogens is 2. The van der Waals surface area contributed by atoms with Gasteiger partial charge in [0.1, 0.15) is 0 Å². The summed E-state index contributed by atoms with van der Waals surface area (Å²) < 4.78 is 0. The fourth-order valence-electron chi connectivity index (χ4n) is 2.02. The highest BCUT2D eigenvalue weighted by molar-refractivity contribution is 7.99. The van der Waals surface area contributed by atoms with E-state index in [1.807, 2.05) is 30.9 Å². The first-order chi connectivity index (χ1) is 8.59. The van der Waals surface area contributed by atoms with Gasteiger partial charge < -0.3 is 0 Å². The lowest BCUT2D eigenvalue weighted by atomic mass is 10.0. The van der Waals surface area contributed by atoms with Gasteiger partial charge in [0.25, 0.3) is 0 Å². The summed E-state index contributed by atoms with van der Waals surface area (Å²) in [6.07, 6.45) is 0.356. The Kier molecular flexibility index (Phi) is 4.96. The molecule has 98 valence electrons. The quantitative estimate of drug-likeness (QED) is 0.855. The third kappa shape index (κ3) is 3.21. The Hall–Kier alpha value is -0.220. The molecule has 0 radical (unpaired) electrons. The summed E-state index contributed by atoms with van der Waals surface area (Å²) in [7, 11) is 2.00. The molecule has 1 heterocycles. The molecule has 0 N–H and O–H groups in total. The van der Waals surface area contributed by atoms with Crippen LogP contribution in [0.25, 0.3) is 0 Å². The second kappa shape index (κ2) is 6.29. The molecule has 0 aliphatic carbocycles. The summed E-state index contributed by atoms with van der Waals surface area (Å²) in [4.78, 5) is 14.4. The zero-order valence-corrected chi connectivity index (χ0v) is 12.5. The molecule has 5 heteroatoms. The van der Waals surface area contributed by atoms with Crippen molar-refractivity contribution in [2.45, 2.75) is 12.5 Å². The van der Waals surface area contributed by atoms with Gasteiger partial charge in [-0.2, -0.15) is 11.8 Å². The highest BCUT2D eigenvalue weighted by Crippen LogP contribution is 2.27. The molecule has 1 saturated heterocycles. The van der Waals surface area contributed by atoms with Crippen molar-refractivity contribution in [1.29, 1.82) is 0 Å². The van der Waals surface area contributed by atoms with Gasteiger partial charge >= 0.3 is 0 Å². The third-order valence-corrected chi connectivity index (χ3v) is 5.04. The Morgan fingerprint density at radius 1 is 1.50 bits per heavy atom. The molecule has 1 unspecified atom stereocenters. The van der Waals surface area contributed by atoms with Crippen molar-refractivity contribution >= 4 is 40.7 Å². The molecule has 0 amide bonds. The van der Waals surface area contributed by atoms with Crippen molar-refractivity contribution in [2.24, 2.45) is 0 Å².